The molecule has 0 aliphatic rings. The monoisotopic (exact) mass is 479 g/mol. The molecule has 0 aliphatic carbocycles. The summed E-state index contributed by atoms with van der Waals surface area (Å²) in [7, 11) is 0. The van der Waals surface area contributed by atoms with E-state index in [-0.39, 0.29) is 0 Å². The summed E-state index contributed by atoms with van der Waals surface area (Å²) in [5, 5.41) is 0. The van der Waals surface area contributed by atoms with Gasteiger partial charge in [-0.3, -0.25) is 0 Å². The third-order valence-electron chi connectivity index (χ3n) is 13.0. The molecule has 0 amide bonds. The Hall–Kier alpha value is 0. The SMILES string of the molecule is CCC(C)C(C)C(C)C(C)C(C)C(C)C(C)C(C)C(C)C(C)C(C)C(C)C(C)C(C)C(C)CC. The van der Waals surface area contributed by atoms with Crippen LogP contribution >= 0.6 is 0 Å². The van der Waals surface area contributed by atoms with Crippen molar-refractivity contribution < 1.29 is 0 Å². The van der Waals surface area contributed by atoms with Crippen LogP contribution in [0.2, 0.25) is 0 Å². The summed E-state index contributed by atoms with van der Waals surface area (Å²) in [6.45, 7) is 42.6. The van der Waals surface area contributed by atoms with Crippen LogP contribution in [0.25, 0.3) is 0 Å². The minimum Gasteiger partial charge on any atom is -0.0651 e. The lowest BCUT2D eigenvalue weighted by atomic mass is 9.62. The van der Waals surface area contributed by atoms with E-state index in [1.54, 1.807) is 0 Å². The third kappa shape index (κ3) is 8.54. The average Bonchev–Trinajstić information content (AvgIpc) is 2.85. The van der Waals surface area contributed by atoms with Gasteiger partial charge in [-0.1, -0.05) is 131 Å². The molecule has 0 heteroatoms. The zero-order valence-corrected chi connectivity index (χ0v) is 27.1. The Morgan fingerprint density at radius 3 is 0.471 bits per heavy atom. The van der Waals surface area contributed by atoms with Crippen molar-refractivity contribution in [1.82, 2.24) is 0 Å². The number of rotatable bonds is 16. The van der Waals surface area contributed by atoms with Gasteiger partial charge in [0.25, 0.3) is 0 Å². The zero-order chi connectivity index (χ0) is 27.1. The van der Waals surface area contributed by atoms with Crippen LogP contribution in [-0.2, 0) is 0 Å². The third-order valence-corrected chi connectivity index (χ3v) is 13.0. The summed E-state index contributed by atoms with van der Waals surface area (Å²) >= 11 is 0. The second-order valence-electron chi connectivity index (χ2n) is 13.9. The van der Waals surface area contributed by atoms with Gasteiger partial charge in [-0.2, -0.15) is 0 Å². The van der Waals surface area contributed by atoms with Gasteiger partial charge < -0.3 is 0 Å². The minimum absolute atomic E-state index is 0.763. The highest BCUT2D eigenvalue weighted by Gasteiger charge is 2.37. The van der Waals surface area contributed by atoms with Crippen molar-refractivity contribution in [2.75, 3.05) is 0 Å². The van der Waals surface area contributed by atoms with E-state index >= 15 is 0 Å². The van der Waals surface area contributed by atoms with E-state index in [0.29, 0.717) is 0 Å². The Kier molecular flexibility index (Phi) is 15.3. The molecule has 14 unspecified atom stereocenters. The van der Waals surface area contributed by atoms with Crippen molar-refractivity contribution in [1.29, 1.82) is 0 Å². The van der Waals surface area contributed by atoms with Gasteiger partial charge in [0.2, 0.25) is 0 Å². The van der Waals surface area contributed by atoms with Crippen molar-refractivity contribution in [3.8, 4) is 0 Å². The highest BCUT2D eigenvalue weighted by atomic mass is 14.4. The predicted molar refractivity (Wildman–Crippen MR) is 158 cm³/mol. The van der Waals surface area contributed by atoms with E-state index in [1.165, 1.54) is 12.8 Å². The van der Waals surface area contributed by atoms with Gasteiger partial charge in [0, 0.05) is 0 Å². The van der Waals surface area contributed by atoms with Gasteiger partial charge in [0.1, 0.15) is 0 Å². The summed E-state index contributed by atoms with van der Waals surface area (Å²) in [4.78, 5) is 0. The Morgan fingerprint density at radius 1 is 0.235 bits per heavy atom. The van der Waals surface area contributed by atoms with Gasteiger partial charge in [-0.15, -0.1) is 0 Å². The quantitative estimate of drug-likeness (QED) is 0.207. The summed E-state index contributed by atoms with van der Waals surface area (Å²) < 4.78 is 0. The number of hydrogen-bond acceptors (Lipinski definition) is 0. The van der Waals surface area contributed by atoms with Crippen LogP contribution in [0.4, 0.5) is 0 Å². The van der Waals surface area contributed by atoms with Gasteiger partial charge >= 0.3 is 0 Å². The summed E-state index contributed by atoms with van der Waals surface area (Å²) in [6, 6.07) is 0. The maximum atomic E-state index is 2.56. The lowest BCUT2D eigenvalue weighted by Gasteiger charge is -2.43. The Balaban J connectivity index is 5.26. The molecule has 0 radical (unpaired) electrons. The normalized spacial score (nSPS) is 26.0. The van der Waals surface area contributed by atoms with Crippen molar-refractivity contribution in [3.05, 3.63) is 0 Å². The first kappa shape index (κ1) is 34.0. The molecule has 0 bridgehead atoms. The van der Waals surface area contributed by atoms with Gasteiger partial charge in [0.05, 0.1) is 0 Å². The van der Waals surface area contributed by atoms with E-state index in [0.717, 1.165) is 88.8 Å². The molecule has 0 N–H and O–H groups in total. The second-order valence-corrected chi connectivity index (χ2v) is 13.9. The molecule has 0 aromatic heterocycles. The van der Waals surface area contributed by atoms with Crippen LogP contribution in [0.3, 0.4) is 0 Å². The van der Waals surface area contributed by atoms with E-state index in [2.05, 4.69) is 118 Å². The highest BCUT2D eigenvalue weighted by Crippen LogP contribution is 2.43. The van der Waals surface area contributed by atoms with Crippen LogP contribution < -0.4 is 0 Å². The molecule has 14 atom stereocenters. The van der Waals surface area contributed by atoms with E-state index < -0.39 is 0 Å². The second kappa shape index (κ2) is 15.3. The molecule has 0 nitrogen and oxygen atoms in total. The Bertz CT molecular complexity index is 476. The molecule has 206 valence electrons. The Morgan fingerprint density at radius 2 is 0.353 bits per heavy atom. The van der Waals surface area contributed by atoms with Crippen LogP contribution in [0.5, 0.6) is 0 Å². The van der Waals surface area contributed by atoms with E-state index in [9.17, 15) is 0 Å². The van der Waals surface area contributed by atoms with E-state index in [4.69, 9.17) is 0 Å². The molecule has 0 rings (SSSR count). The molecule has 34 heavy (non-hydrogen) atoms. The first-order chi connectivity index (χ1) is 15.6. The fourth-order valence-corrected chi connectivity index (χ4v) is 7.05. The van der Waals surface area contributed by atoms with Gasteiger partial charge in [-0.05, 0) is 88.8 Å². The predicted octanol–water partition coefficient (Wildman–Crippen LogP) is 11.3. The minimum atomic E-state index is 0.763. The summed E-state index contributed by atoms with van der Waals surface area (Å²) in [5.74, 6) is 11.8. The zero-order valence-electron chi connectivity index (χ0n) is 27.1. The van der Waals surface area contributed by atoms with Crippen LogP contribution in [-0.4, -0.2) is 0 Å². The molecule has 0 saturated carbocycles. The van der Waals surface area contributed by atoms with Crippen LogP contribution in [0.15, 0.2) is 0 Å². The van der Waals surface area contributed by atoms with Gasteiger partial charge in [0.15, 0.2) is 0 Å². The molecule has 0 aromatic carbocycles. The molecule has 0 aliphatic heterocycles. The van der Waals surface area contributed by atoms with Crippen LogP contribution in [0, 0.1) is 88.8 Å². The lowest BCUT2D eigenvalue weighted by Crippen LogP contribution is -2.37. The molecule has 0 fully saturated rings. The molecular weight excluding hydrogens is 408 g/mol. The smallest absolute Gasteiger partial charge is 0.0386 e. The maximum absolute atomic E-state index is 2.56. The fraction of sp³-hybridized carbons (Fsp3) is 1.00. The highest BCUT2D eigenvalue weighted by molar-refractivity contribution is 4.85. The van der Waals surface area contributed by atoms with Crippen molar-refractivity contribution in [3.63, 3.8) is 0 Å². The van der Waals surface area contributed by atoms with Crippen molar-refractivity contribution in [2.24, 2.45) is 88.8 Å². The largest absolute Gasteiger partial charge is 0.0651 e. The molecule has 0 heterocycles. The lowest BCUT2D eigenvalue weighted by molar-refractivity contribution is 0.0567. The summed E-state index contributed by atoms with van der Waals surface area (Å²) in [6.07, 6.45) is 2.60. The van der Waals surface area contributed by atoms with Gasteiger partial charge in [-0.25, -0.2) is 0 Å². The molecular formula is C34H70. The van der Waals surface area contributed by atoms with Crippen LogP contribution in [0.1, 0.15) is 131 Å². The van der Waals surface area contributed by atoms with E-state index in [1.807, 2.05) is 0 Å². The Labute approximate surface area is 219 Å². The first-order valence-electron chi connectivity index (χ1n) is 15.6. The topological polar surface area (TPSA) is 0 Å². The fourth-order valence-electron chi connectivity index (χ4n) is 7.05. The molecule has 0 aromatic rings. The first-order valence-corrected chi connectivity index (χ1v) is 15.6. The summed E-state index contributed by atoms with van der Waals surface area (Å²) in [5.41, 5.74) is 0. The molecule has 0 spiro atoms. The van der Waals surface area contributed by atoms with Crippen molar-refractivity contribution >= 4 is 0 Å². The maximum Gasteiger partial charge on any atom is -0.0386 e. The average molecular weight is 479 g/mol. The number of hydrogen-bond donors (Lipinski definition) is 0. The molecule has 0 saturated heterocycles. The standard InChI is InChI=1S/C34H70/c1-18-20(3)22(5)24(7)26(9)28(11)30(13)32(15)34(17)33(16)31(14)29(12)27(10)25(8)23(6)21(4)19-2/h20-34H,18-19H2,1-17H3. The van der Waals surface area contributed by atoms with Crippen molar-refractivity contribution in [2.45, 2.75) is 131 Å².